The van der Waals surface area contributed by atoms with Crippen LogP contribution in [0.2, 0.25) is 5.02 Å². The lowest BCUT2D eigenvalue weighted by molar-refractivity contribution is -0.182. The van der Waals surface area contributed by atoms with Gasteiger partial charge in [0.2, 0.25) is 0 Å². The highest BCUT2D eigenvalue weighted by atomic mass is 35.5. The lowest BCUT2D eigenvalue weighted by Gasteiger charge is -2.38. The maximum atomic E-state index is 11.7. The van der Waals surface area contributed by atoms with E-state index in [-0.39, 0.29) is 5.97 Å². The van der Waals surface area contributed by atoms with E-state index >= 15 is 0 Å². The van der Waals surface area contributed by atoms with Crippen LogP contribution in [-0.4, -0.2) is 26.3 Å². The lowest BCUT2D eigenvalue weighted by atomic mass is 9.80. The Bertz CT molecular complexity index is 382. The van der Waals surface area contributed by atoms with Gasteiger partial charge in [0.05, 0.1) is 20.3 Å². The minimum atomic E-state index is -0.497. The standard InChI is InChI=1S/C12H13ClO3/c1-15-11(14)12(7-16-8-12)6-9-2-4-10(13)5-3-9/h2-5H,6-8H2,1H3. The highest BCUT2D eigenvalue weighted by Gasteiger charge is 2.46. The van der Waals surface area contributed by atoms with Crippen LogP contribution in [-0.2, 0) is 20.7 Å². The molecule has 1 fully saturated rings. The molecule has 86 valence electrons. The molecule has 1 saturated heterocycles. The summed E-state index contributed by atoms with van der Waals surface area (Å²) in [4.78, 5) is 11.7. The molecule has 3 nitrogen and oxygen atoms in total. The summed E-state index contributed by atoms with van der Waals surface area (Å²) in [7, 11) is 1.41. The number of rotatable bonds is 3. The number of ether oxygens (including phenoxy) is 2. The van der Waals surface area contributed by atoms with E-state index in [9.17, 15) is 4.79 Å². The fourth-order valence-electron chi connectivity index (χ4n) is 1.85. The Kier molecular flexibility index (Phi) is 3.17. The van der Waals surface area contributed by atoms with Crippen LogP contribution in [0.25, 0.3) is 0 Å². The average Bonchev–Trinajstić information content (AvgIpc) is 2.25. The zero-order valence-electron chi connectivity index (χ0n) is 9.03. The van der Waals surface area contributed by atoms with Crippen molar-refractivity contribution in [3.05, 3.63) is 34.9 Å². The maximum absolute atomic E-state index is 11.7. The van der Waals surface area contributed by atoms with Crippen molar-refractivity contribution in [3.63, 3.8) is 0 Å². The van der Waals surface area contributed by atoms with Gasteiger partial charge in [-0.3, -0.25) is 4.79 Å². The van der Waals surface area contributed by atoms with E-state index in [1.807, 2.05) is 24.3 Å². The number of halogens is 1. The van der Waals surface area contributed by atoms with Crippen molar-refractivity contribution in [1.82, 2.24) is 0 Å². The monoisotopic (exact) mass is 240 g/mol. The van der Waals surface area contributed by atoms with Crippen LogP contribution in [0.4, 0.5) is 0 Å². The van der Waals surface area contributed by atoms with Crippen LogP contribution in [0.15, 0.2) is 24.3 Å². The normalized spacial score (nSPS) is 17.6. The topological polar surface area (TPSA) is 35.5 Å². The Hall–Kier alpha value is -1.06. The first-order chi connectivity index (χ1) is 7.66. The molecule has 0 N–H and O–H groups in total. The van der Waals surface area contributed by atoms with E-state index < -0.39 is 5.41 Å². The minimum absolute atomic E-state index is 0.200. The summed E-state index contributed by atoms with van der Waals surface area (Å²) in [5.41, 5.74) is 0.570. The van der Waals surface area contributed by atoms with Gasteiger partial charge in [0.1, 0.15) is 5.41 Å². The lowest BCUT2D eigenvalue weighted by Crippen LogP contribution is -2.51. The SMILES string of the molecule is COC(=O)C1(Cc2ccc(Cl)cc2)COC1. The van der Waals surface area contributed by atoms with Gasteiger partial charge in [0, 0.05) is 5.02 Å². The van der Waals surface area contributed by atoms with Gasteiger partial charge in [-0.25, -0.2) is 0 Å². The second-order valence-electron chi connectivity index (χ2n) is 4.07. The van der Waals surface area contributed by atoms with Crippen molar-refractivity contribution < 1.29 is 14.3 Å². The number of hydrogen-bond acceptors (Lipinski definition) is 3. The molecule has 1 aromatic rings. The van der Waals surface area contributed by atoms with Gasteiger partial charge < -0.3 is 9.47 Å². The van der Waals surface area contributed by atoms with Gasteiger partial charge in [-0.05, 0) is 24.1 Å². The molecule has 1 heterocycles. The molecule has 0 spiro atoms. The molecular formula is C12H13ClO3. The summed E-state index contributed by atoms with van der Waals surface area (Å²) < 4.78 is 9.94. The van der Waals surface area contributed by atoms with Gasteiger partial charge in [-0.2, -0.15) is 0 Å². The van der Waals surface area contributed by atoms with E-state index in [0.29, 0.717) is 24.7 Å². The first kappa shape index (κ1) is 11.4. The van der Waals surface area contributed by atoms with E-state index in [1.54, 1.807) is 0 Å². The average molecular weight is 241 g/mol. The molecule has 0 aromatic heterocycles. The Morgan fingerprint density at radius 1 is 1.44 bits per heavy atom. The van der Waals surface area contributed by atoms with Crippen LogP contribution < -0.4 is 0 Å². The number of methoxy groups -OCH3 is 1. The first-order valence-corrected chi connectivity index (χ1v) is 5.45. The van der Waals surface area contributed by atoms with E-state index in [0.717, 1.165) is 5.56 Å². The predicted molar refractivity (Wildman–Crippen MR) is 60.4 cm³/mol. The molecular weight excluding hydrogens is 228 g/mol. The van der Waals surface area contributed by atoms with Crippen molar-refractivity contribution in [2.75, 3.05) is 20.3 Å². The molecule has 0 unspecified atom stereocenters. The molecule has 1 aliphatic rings. The fourth-order valence-corrected chi connectivity index (χ4v) is 1.98. The van der Waals surface area contributed by atoms with Gasteiger partial charge in [0.25, 0.3) is 0 Å². The van der Waals surface area contributed by atoms with Crippen molar-refractivity contribution >= 4 is 17.6 Å². The summed E-state index contributed by atoms with van der Waals surface area (Å²) in [5, 5.41) is 0.695. The third-order valence-electron chi connectivity index (χ3n) is 2.83. The highest BCUT2D eigenvalue weighted by molar-refractivity contribution is 6.30. The molecule has 2 rings (SSSR count). The van der Waals surface area contributed by atoms with E-state index in [2.05, 4.69) is 0 Å². The maximum Gasteiger partial charge on any atom is 0.316 e. The number of carbonyl (C=O) groups is 1. The molecule has 0 bridgehead atoms. The number of esters is 1. The van der Waals surface area contributed by atoms with Gasteiger partial charge in [-0.15, -0.1) is 0 Å². The van der Waals surface area contributed by atoms with Crippen LogP contribution in [0.3, 0.4) is 0 Å². The molecule has 0 atom stereocenters. The molecule has 1 aliphatic heterocycles. The zero-order valence-corrected chi connectivity index (χ0v) is 9.79. The van der Waals surface area contributed by atoms with Crippen LogP contribution in [0, 0.1) is 5.41 Å². The molecule has 0 saturated carbocycles. The zero-order chi connectivity index (χ0) is 11.6. The Morgan fingerprint density at radius 2 is 2.06 bits per heavy atom. The minimum Gasteiger partial charge on any atom is -0.468 e. The van der Waals surface area contributed by atoms with E-state index in [1.165, 1.54) is 7.11 Å². The fraction of sp³-hybridized carbons (Fsp3) is 0.417. The quantitative estimate of drug-likeness (QED) is 0.759. The molecule has 16 heavy (non-hydrogen) atoms. The largest absolute Gasteiger partial charge is 0.468 e. The third-order valence-corrected chi connectivity index (χ3v) is 3.08. The van der Waals surface area contributed by atoms with Crippen LogP contribution in [0.1, 0.15) is 5.56 Å². The Morgan fingerprint density at radius 3 is 2.50 bits per heavy atom. The Labute approximate surface area is 99.3 Å². The first-order valence-electron chi connectivity index (χ1n) is 5.07. The van der Waals surface area contributed by atoms with Crippen molar-refractivity contribution in [3.8, 4) is 0 Å². The summed E-state index contributed by atoms with van der Waals surface area (Å²) in [6.07, 6.45) is 0.636. The number of hydrogen-bond donors (Lipinski definition) is 0. The molecule has 0 aliphatic carbocycles. The number of carbonyl (C=O) groups excluding carboxylic acids is 1. The van der Waals surface area contributed by atoms with E-state index in [4.69, 9.17) is 21.1 Å². The highest BCUT2D eigenvalue weighted by Crippen LogP contribution is 2.33. The van der Waals surface area contributed by atoms with Crippen molar-refractivity contribution in [2.24, 2.45) is 5.41 Å². The summed E-state index contributed by atoms with van der Waals surface area (Å²) in [6, 6.07) is 7.49. The smallest absolute Gasteiger partial charge is 0.316 e. The van der Waals surface area contributed by atoms with Crippen LogP contribution in [0.5, 0.6) is 0 Å². The molecule has 0 radical (unpaired) electrons. The summed E-state index contributed by atoms with van der Waals surface area (Å²) in [6.45, 7) is 0.866. The third kappa shape index (κ3) is 2.06. The second kappa shape index (κ2) is 4.44. The summed E-state index contributed by atoms with van der Waals surface area (Å²) in [5.74, 6) is -0.200. The van der Waals surface area contributed by atoms with Crippen LogP contribution >= 0.6 is 11.6 Å². The molecule has 4 heteroatoms. The Balaban J connectivity index is 2.13. The van der Waals surface area contributed by atoms with Gasteiger partial charge >= 0.3 is 5.97 Å². The van der Waals surface area contributed by atoms with Crippen molar-refractivity contribution in [2.45, 2.75) is 6.42 Å². The second-order valence-corrected chi connectivity index (χ2v) is 4.50. The van der Waals surface area contributed by atoms with Crippen molar-refractivity contribution in [1.29, 1.82) is 0 Å². The number of benzene rings is 1. The predicted octanol–water partition coefficient (Wildman–Crippen LogP) is 2.07. The summed E-state index contributed by atoms with van der Waals surface area (Å²) >= 11 is 5.80. The molecule has 1 aromatic carbocycles. The molecule has 0 amide bonds. The van der Waals surface area contributed by atoms with Gasteiger partial charge in [0.15, 0.2) is 0 Å². The van der Waals surface area contributed by atoms with Gasteiger partial charge in [-0.1, -0.05) is 23.7 Å².